The molecule has 0 aliphatic rings. The summed E-state index contributed by atoms with van der Waals surface area (Å²) in [7, 11) is 0. The van der Waals surface area contributed by atoms with Gasteiger partial charge in [0.25, 0.3) is 0 Å². The highest BCUT2D eigenvalue weighted by Gasteiger charge is 2.35. The van der Waals surface area contributed by atoms with Crippen molar-refractivity contribution in [3.05, 3.63) is 58.7 Å². The highest BCUT2D eigenvalue weighted by atomic mass is 35.5. The molecule has 0 aromatic heterocycles. The fourth-order valence-corrected chi connectivity index (χ4v) is 2.07. The molecule has 1 nitrogen and oxygen atoms in total. The van der Waals surface area contributed by atoms with Crippen LogP contribution in [0.4, 0.5) is 13.2 Å². The average Bonchev–Trinajstić information content (AvgIpc) is 2.42. The van der Waals surface area contributed by atoms with Gasteiger partial charge in [-0.15, -0.1) is 11.6 Å². The molecule has 2 aromatic carbocycles. The summed E-state index contributed by atoms with van der Waals surface area (Å²) >= 11 is 5.60. The SMILES string of the molecule is Cc1ccc(C)c(Oc2ccc(CCl)cc2C(F)(F)F)c1. The molecular formula is C16H14ClF3O. The molecule has 0 N–H and O–H groups in total. The molecule has 2 aromatic rings. The van der Waals surface area contributed by atoms with E-state index in [1.54, 1.807) is 13.0 Å². The molecule has 2 rings (SSSR count). The standard InChI is InChI=1S/C16H14ClF3O/c1-10-3-4-11(2)15(7-10)21-14-6-5-12(9-17)8-13(14)16(18,19)20/h3-8H,9H2,1-2H3. The number of aryl methyl sites for hydroxylation is 2. The molecule has 0 saturated carbocycles. The Bertz CT molecular complexity index is 650. The molecule has 0 unspecified atom stereocenters. The second-order valence-corrected chi connectivity index (χ2v) is 5.10. The molecule has 0 aliphatic carbocycles. The van der Waals surface area contributed by atoms with Crippen molar-refractivity contribution < 1.29 is 17.9 Å². The Labute approximate surface area is 126 Å². The Kier molecular flexibility index (Phi) is 4.47. The lowest BCUT2D eigenvalue weighted by Crippen LogP contribution is -2.08. The Morgan fingerprint density at radius 1 is 1.00 bits per heavy atom. The summed E-state index contributed by atoms with van der Waals surface area (Å²) in [6.07, 6.45) is -4.49. The maximum absolute atomic E-state index is 13.1. The van der Waals surface area contributed by atoms with Gasteiger partial charge in [0, 0.05) is 5.88 Å². The topological polar surface area (TPSA) is 9.23 Å². The van der Waals surface area contributed by atoms with Crippen LogP contribution in [0.2, 0.25) is 0 Å². The minimum atomic E-state index is -4.49. The van der Waals surface area contributed by atoms with E-state index in [1.807, 2.05) is 19.1 Å². The third-order valence-corrected chi connectivity index (χ3v) is 3.38. The number of ether oxygens (including phenoxy) is 1. The number of halogens is 4. The molecule has 0 bridgehead atoms. The first kappa shape index (κ1) is 15.7. The van der Waals surface area contributed by atoms with Gasteiger partial charge >= 0.3 is 6.18 Å². The summed E-state index contributed by atoms with van der Waals surface area (Å²) in [6, 6.07) is 9.26. The van der Waals surface area contributed by atoms with E-state index in [1.165, 1.54) is 12.1 Å². The van der Waals surface area contributed by atoms with Gasteiger partial charge in [0.2, 0.25) is 0 Å². The van der Waals surface area contributed by atoms with Gasteiger partial charge in [0.15, 0.2) is 0 Å². The van der Waals surface area contributed by atoms with Crippen LogP contribution in [0.1, 0.15) is 22.3 Å². The normalized spacial score (nSPS) is 11.5. The maximum Gasteiger partial charge on any atom is 0.419 e. The van der Waals surface area contributed by atoms with E-state index >= 15 is 0 Å². The number of hydrogen-bond acceptors (Lipinski definition) is 1. The van der Waals surface area contributed by atoms with E-state index in [9.17, 15) is 13.2 Å². The molecule has 112 valence electrons. The van der Waals surface area contributed by atoms with E-state index in [0.717, 1.165) is 17.2 Å². The number of hydrogen-bond donors (Lipinski definition) is 0. The van der Waals surface area contributed by atoms with Gasteiger partial charge in [-0.25, -0.2) is 0 Å². The lowest BCUT2D eigenvalue weighted by molar-refractivity contribution is -0.138. The van der Waals surface area contributed by atoms with Crippen molar-refractivity contribution in [1.82, 2.24) is 0 Å². The zero-order chi connectivity index (χ0) is 15.6. The number of benzene rings is 2. The first-order valence-electron chi connectivity index (χ1n) is 6.32. The Balaban J connectivity index is 2.46. The van der Waals surface area contributed by atoms with Gasteiger partial charge in [-0.1, -0.05) is 18.2 Å². The summed E-state index contributed by atoms with van der Waals surface area (Å²) in [5.41, 5.74) is 1.27. The van der Waals surface area contributed by atoms with Gasteiger partial charge < -0.3 is 4.74 Å². The highest BCUT2D eigenvalue weighted by Crippen LogP contribution is 2.39. The van der Waals surface area contributed by atoms with Crippen molar-refractivity contribution in [2.75, 3.05) is 0 Å². The Morgan fingerprint density at radius 3 is 2.33 bits per heavy atom. The number of alkyl halides is 4. The summed E-state index contributed by atoms with van der Waals surface area (Å²) in [6.45, 7) is 3.64. The van der Waals surface area contributed by atoms with Gasteiger partial charge in [-0.3, -0.25) is 0 Å². The fourth-order valence-electron chi connectivity index (χ4n) is 1.91. The molecule has 0 radical (unpaired) electrons. The predicted molar refractivity (Wildman–Crippen MR) is 77.0 cm³/mol. The molecule has 5 heteroatoms. The van der Waals surface area contributed by atoms with E-state index in [4.69, 9.17) is 16.3 Å². The Hall–Kier alpha value is -1.68. The van der Waals surface area contributed by atoms with Crippen LogP contribution in [0.25, 0.3) is 0 Å². The van der Waals surface area contributed by atoms with Crippen LogP contribution < -0.4 is 4.74 Å². The quantitative estimate of drug-likeness (QED) is 0.645. The molecule has 0 heterocycles. The molecule has 0 saturated heterocycles. The van der Waals surface area contributed by atoms with Crippen molar-refractivity contribution in [3.63, 3.8) is 0 Å². The summed E-state index contributed by atoms with van der Waals surface area (Å²) in [5, 5.41) is 0. The van der Waals surface area contributed by atoms with E-state index in [-0.39, 0.29) is 11.6 Å². The van der Waals surface area contributed by atoms with Crippen LogP contribution >= 0.6 is 11.6 Å². The van der Waals surface area contributed by atoms with Crippen LogP contribution in [0.5, 0.6) is 11.5 Å². The Morgan fingerprint density at radius 2 is 1.71 bits per heavy atom. The van der Waals surface area contributed by atoms with Crippen molar-refractivity contribution in [3.8, 4) is 11.5 Å². The first-order chi connectivity index (χ1) is 9.81. The van der Waals surface area contributed by atoms with Crippen LogP contribution in [0, 0.1) is 13.8 Å². The first-order valence-corrected chi connectivity index (χ1v) is 6.86. The maximum atomic E-state index is 13.1. The summed E-state index contributed by atoms with van der Waals surface area (Å²) in [5.74, 6) is 0.219. The average molecular weight is 315 g/mol. The van der Waals surface area contributed by atoms with Crippen LogP contribution in [0.15, 0.2) is 36.4 Å². The number of rotatable bonds is 3. The minimum absolute atomic E-state index is 0.0207. The smallest absolute Gasteiger partial charge is 0.419 e. The lowest BCUT2D eigenvalue weighted by Gasteiger charge is -2.16. The molecule has 0 spiro atoms. The second-order valence-electron chi connectivity index (χ2n) is 4.83. The van der Waals surface area contributed by atoms with Gasteiger partial charge in [0.1, 0.15) is 11.5 Å². The van der Waals surface area contributed by atoms with Crippen LogP contribution in [-0.2, 0) is 12.1 Å². The largest absolute Gasteiger partial charge is 0.456 e. The third kappa shape index (κ3) is 3.70. The summed E-state index contributed by atoms with van der Waals surface area (Å²) in [4.78, 5) is 0. The van der Waals surface area contributed by atoms with Gasteiger partial charge in [-0.05, 0) is 48.7 Å². The minimum Gasteiger partial charge on any atom is -0.456 e. The van der Waals surface area contributed by atoms with Gasteiger partial charge in [0.05, 0.1) is 5.56 Å². The van der Waals surface area contributed by atoms with Crippen molar-refractivity contribution >= 4 is 11.6 Å². The zero-order valence-electron chi connectivity index (χ0n) is 11.6. The van der Waals surface area contributed by atoms with Crippen LogP contribution in [-0.4, -0.2) is 0 Å². The van der Waals surface area contributed by atoms with E-state index in [2.05, 4.69) is 0 Å². The van der Waals surface area contributed by atoms with E-state index in [0.29, 0.717) is 11.3 Å². The van der Waals surface area contributed by atoms with Crippen molar-refractivity contribution in [1.29, 1.82) is 0 Å². The molecular weight excluding hydrogens is 301 g/mol. The monoisotopic (exact) mass is 314 g/mol. The molecule has 0 amide bonds. The molecule has 0 atom stereocenters. The lowest BCUT2D eigenvalue weighted by atomic mass is 10.1. The second kappa shape index (κ2) is 5.98. The summed E-state index contributed by atoms with van der Waals surface area (Å²) < 4.78 is 44.9. The van der Waals surface area contributed by atoms with Crippen molar-refractivity contribution in [2.24, 2.45) is 0 Å². The van der Waals surface area contributed by atoms with Crippen LogP contribution in [0.3, 0.4) is 0 Å². The third-order valence-electron chi connectivity index (χ3n) is 3.07. The van der Waals surface area contributed by atoms with Gasteiger partial charge in [-0.2, -0.15) is 13.2 Å². The molecule has 0 aliphatic heterocycles. The predicted octanol–water partition coefficient (Wildman–Crippen LogP) is 5.85. The molecule has 0 fully saturated rings. The molecule has 21 heavy (non-hydrogen) atoms. The van der Waals surface area contributed by atoms with E-state index < -0.39 is 11.7 Å². The van der Waals surface area contributed by atoms with Crippen molar-refractivity contribution in [2.45, 2.75) is 25.9 Å². The fraction of sp³-hybridized carbons (Fsp3) is 0.250. The highest BCUT2D eigenvalue weighted by molar-refractivity contribution is 6.17. The zero-order valence-corrected chi connectivity index (χ0v) is 12.3.